The Morgan fingerprint density at radius 1 is 1.04 bits per heavy atom. The quantitative estimate of drug-likeness (QED) is 0.769. The number of thiophene rings is 1. The number of nitrogens with zero attached hydrogens (tertiary/aromatic N) is 2. The molecule has 140 valence electrons. The van der Waals surface area contributed by atoms with Crippen LogP contribution in [0.2, 0.25) is 4.34 Å². The average Bonchev–Trinajstić information content (AvgIpc) is 3.08. The third kappa shape index (κ3) is 3.96. The summed E-state index contributed by atoms with van der Waals surface area (Å²) < 4.78 is 27.4. The molecule has 1 aromatic carbocycles. The second-order valence-electron chi connectivity index (χ2n) is 6.53. The van der Waals surface area contributed by atoms with Gasteiger partial charge in [-0.2, -0.15) is 4.31 Å². The minimum atomic E-state index is -3.54. The van der Waals surface area contributed by atoms with Crippen LogP contribution >= 0.6 is 22.9 Å². The van der Waals surface area contributed by atoms with E-state index in [4.69, 9.17) is 11.6 Å². The number of piperazine rings is 1. The molecule has 3 rings (SSSR count). The van der Waals surface area contributed by atoms with E-state index in [-0.39, 0.29) is 23.2 Å². The summed E-state index contributed by atoms with van der Waals surface area (Å²) in [7, 11) is -3.54. The lowest BCUT2D eigenvalue weighted by Crippen LogP contribution is -2.50. The molecule has 1 fully saturated rings. The van der Waals surface area contributed by atoms with Gasteiger partial charge in [0.2, 0.25) is 0 Å². The van der Waals surface area contributed by atoms with E-state index in [1.807, 2.05) is 24.3 Å². The molecule has 2 aromatic rings. The smallest absolute Gasteiger partial charge is 0.253 e. The first-order valence-electron chi connectivity index (χ1n) is 8.44. The molecule has 0 atom stereocenters. The fraction of sp³-hybridized carbons (Fsp3) is 0.389. The molecule has 2 heterocycles. The molecule has 5 nitrogen and oxygen atoms in total. The maximum atomic E-state index is 12.7. The van der Waals surface area contributed by atoms with Crippen LogP contribution in [0.25, 0.3) is 0 Å². The van der Waals surface area contributed by atoms with Crippen LogP contribution in [0.15, 0.2) is 40.6 Å². The Kier molecular flexibility index (Phi) is 5.72. The van der Waals surface area contributed by atoms with Gasteiger partial charge in [-0.25, -0.2) is 8.42 Å². The predicted octanol–water partition coefficient (Wildman–Crippen LogP) is 3.67. The third-order valence-corrected chi connectivity index (χ3v) is 8.09. The molecule has 1 saturated heterocycles. The first kappa shape index (κ1) is 19.4. The van der Waals surface area contributed by atoms with E-state index in [0.717, 1.165) is 11.3 Å². The van der Waals surface area contributed by atoms with Gasteiger partial charge in [0.1, 0.15) is 4.21 Å². The van der Waals surface area contributed by atoms with Gasteiger partial charge in [0.05, 0.1) is 4.34 Å². The molecule has 1 aliphatic heterocycles. The zero-order valence-electron chi connectivity index (χ0n) is 14.7. The average molecular weight is 413 g/mol. The Balaban J connectivity index is 1.65. The molecule has 0 unspecified atom stereocenters. The molecule has 8 heteroatoms. The van der Waals surface area contributed by atoms with E-state index in [0.29, 0.717) is 28.9 Å². The van der Waals surface area contributed by atoms with Gasteiger partial charge < -0.3 is 4.90 Å². The SMILES string of the molecule is CC(C)c1ccc(C(=O)N2CCN(S(=O)(=O)c3ccc(Cl)s3)CC2)cc1. The van der Waals surface area contributed by atoms with Gasteiger partial charge in [-0.05, 0) is 35.7 Å². The summed E-state index contributed by atoms with van der Waals surface area (Å²) in [6.45, 7) is 5.54. The van der Waals surface area contributed by atoms with Gasteiger partial charge in [-0.15, -0.1) is 11.3 Å². The topological polar surface area (TPSA) is 57.7 Å². The molecule has 1 aromatic heterocycles. The second-order valence-corrected chi connectivity index (χ2v) is 10.4. The van der Waals surface area contributed by atoms with Crippen LogP contribution in [-0.4, -0.2) is 49.7 Å². The summed E-state index contributed by atoms with van der Waals surface area (Å²) in [6, 6.07) is 10.7. The van der Waals surface area contributed by atoms with Gasteiger partial charge in [0.15, 0.2) is 0 Å². The summed E-state index contributed by atoms with van der Waals surface area (Å²) in [5.41, 5.74) is 1.82. The highest BCUT2D eigenvalue weighted by atomic mass is 35.5. The summed E-state index contributed by atoms with van der Waals surface area (Å²) >= 11 is 6.90. The van der Waals surface area contributed by atoms with Crippen molar-refractivity contribution in [3.05, 3.63) is 51.9 Å². The van der Waals surface area contributed by atoms with Gasteiger partial charge >= 0.3 is 0 Å². The maximum absolute atomic E-state index is 12.7. The highest BCUT2D eigenvalue weighted by Crippen LogP contribution is 2.28. The van der Waals surface area contributed by atoms with Crippen molar-refractivity contribution < 1.29 is 13.2 Å². The van der Waals surface area contributed by atoms with Gasteiger partial charge in [0, 0.05) is 31.7 Å². The fourth-order valence-electron chi connectivity index (χ4n) is 2.89. The molecule has 1 aliphatic rings. The summed E-state index contributed by atoms with van der Waals surface area (Å²) in [6.07, 6.45) is 0. The van der Waals surface area contributed by atoms with E-state index < -0.39 is 10.0 Å². The van der Waals surface area contributed by atoms with Crippen molar-refractivity contribution in [2.45, 2.75) is 24.0 Å². The molecule has 26 heavy (non-hydrogen) atoms. The van der Waals surface area contributed by atoms with Crippen LogP contribution in [0.3, 0.4) is 0 Å². The number of hydrogen-bond acceptors (Lipinski definition) is 4. The Bertz CT molecular complexity index is 883. The van der Waals surface area contributed by atoms with Crippen molar-refractivity contribution in [3.63, 3.8) is 0 Å². The van der Waals surface area contributed by atoms with Crippen molar-refractivity contribution in [1.82, 2.24) is 9.21 Å². The van der Waals surface area contributed by atoms with Crippen LogP contribution in [0.1, 0.15) is 35.7 Å². The Hall–Kier alpha value is -1.41. The molecule has 0 saturated carbocycles. The normalized spacial score (nSPS) is 16.2. The largest absolute Gasteiger partial charge is 0.336 e. The molecule has 0 aliphatic carbocycles. The Morgan fingerprint density at radius 2 is 1.65 bits per heavy atom. The van der Waals surface area contributed by atoms with Gasteiger partial charge in [-0.3, -0.25) is 4.79 Å². The zero-order chi connectivity index (χ0) is 18.9. The van der Waals surface area contributed by atoms with Crippen LogP contribution in [0, 0.1) is 0 Å². The number of benzene rings is 1. The number of hydrogen-bond donors (Lipinski definition) is 0. The monoisotopic (exact) mass is 412 g/mol. The summed E-state index contributed by atoms with van der Waals surface area (Å²) in [4.78, 5) is 14.4. The molecular formula is C18H21ClN2O3S2. The first-order chi connectivity index (χ1) is 12.3. The van der Waals surface area contributed by atoms with E-state index >= 15 is 0 Å². The fourth-order valence-corrected chi connectivity index (χ4v) is 5.95. The number of amides is 1. The van der Waals surface area contributed by atoms with Gasteiger partial charge in [0.25, 0.3) is 15.9 Å². The van der Waals surface area contributed by atoms with Crippen LogP contribution in [0.5, 0.6) is 0 Å². The molecule has 0 radical (unpaired) electrons. The molecule has 0 N–H and O–H groups in total. The lowest BCUT2D eigenvalue weighted by Gasteiger charge is -2.33. The minimum Gasteiger partial charge on any atom is -0.336 e. The summed E-state index contributed by atoms with van der Waals surface area (Å²) in [5.74, 6) is 0.357. The van der Waals surface area contributed by atoms with Crippen molar-refractivity contribution in [3.8, 4) is 0 Å². The van der Waals surface area contributed by atoms with E-state index in [9.17, 15) is 13.2 Å². The zero-order valence-corrected chi connectivity index (χ0v) is 17.1. The first-order valence-corrected chi connectivity index (χ1v) is 11.1. The van der Waals surface area contributed by atoms with Crippen molar-refractivity contribution in [2.24, 2.45) is 0 Å². The number of halogens is 1. The van der Waals surface area contributed by atoms with E-state index in [2.05, 4.69) is 13.8 Å². The molecule has 0 spiro atoms. The lowest BCUT2D eigenvalue weighted by atomic mass is 10.0. The van der Waals surface area contributed by atoms with Crippen molar-refractivity contribution in [1.29, 1.82) is 0 Å². The van der Waals surface area contributed by atoms with Crippen LogP contribution < -0.4 is 0 Å². The van der Waals surface area contributed by atoms with Crippen LogP contribution in [0.4, 0.5) is 0 Å². The number of sulfonamides is 1. The summed E-state index contributed by atoms with van der Waals surface area (Å²) in [5, 5.41) is 0. The Morgan fingerprint density at radius 3 is 2.15 bits per heavy atom. The number of carbonyl (C=O) groups is 1. The molecule has 1 amide bonds. The van der Waals surface area contributed by atoms with E-state index in [1.165, 1.54) is 15.9 Å². The third-order valence-electron chi connectivity index (χ3n) is 4.49. The number of carbonyl (C=O) groups excluding carboxylic acids is 1. The maximum Gasteiger partial charge on any atom is 0.253 e. The second kappa shape index (κ2) is 7.68. The van der Waals surface area contributed by atoms with Crippen molar-refractivity contribution in [2.75, 3.05) is 26.2 Å². The minimum absolute atomic E-state index is 0.0588. The molecule has 0 bridgehead atoms. The molecular weight excluding hydrogens is 392 g/mol. The Labute approximate surface area is 163 Å². The number of rotatable bonds is 4. The van der Waals surface area contributed by atoms with Gasteiger partial charge in [-0.1, -0.05) is 37.6 Å². The van der Waals surface area contributed by atoms with Crippen LogP contribution in [-0.2, 0) is 10.0 Å². The van der Waals surface area contributed by atoms with E-state index in [1.54, 1.807) is 11.0 Å². The predicted molar refractivity (Wildman–Crippen MR) is 105 cm³/mol. The standard InChI is InChI=1S/C18H21ClN2O3S2/c1-13(2)14-3-5-15(6-4-14)18(22)20-9-11-21(12-10-20)26(23,24)17-8-7-16(19)25-17/h3-8,13H,9-12H2,1-2H3. The highest BCUT2D eigenvalue weighted by molar-refractivity contribution is 7.91. The highest BCUT2D eigenvalue weighted by Gasteiger charge is 2.31. The van der Waals surface area contributed by atoms with Crippen molar-refractivity contribution >= 4 is 38.9 Å². The lowest BCUT2D eigenvalue weighted by molar-refractivity contribution is 0.0698.